The van der Waals surface area contributed by atoms with E-state index in [4.69, 9.17) is 17.2 Å². The van der Waals surface area contributed by atoms with Gasteiger partial charge in [-0.05, 0) is 69.9 Å². The van der Waals surface area contributed by atoms with Gasteiger partial charge in [-0.1, -0.05) is 30.3 Å². The van der Waals surface area contributed by atoms with Crippen molar-refractivity contribution < 1.29 is 19.2 Å². The van der Waals surface area contributed by atoms with Crippen LogP contribution in [0.15, 0.2) is 72.8 Å². The van der Waals surface area contributed by atoms with E-state index in [1.807, 2.05) is 36.4 Å². The molecule has 7 nitrogen and oxygen atoms in total. The van der Waals surface area contributed by atoms with Crippen molar-refractivity contribution >= 4 is 34.8 Å². The van der Waals surface area contributed by atoms with E-state index < -0.39 is 17.7 Å². The molecule has 4 bridgehead atoms. The number of hydrogen-bond acceptors (Lipinski definition) is 4. The zero-order chi connectivity index (χ0) is 23.7. The van der Waals surface area contributed by atoms with Crippen LogP contribution < -0.4 is 17.2 Å². The lowest BCUT2D eigenvalue weighted by Crippen LogP contribution is -2.13. The molecule has 2 aliphatic rings. The first kappa shape index (κ1) is 21.5. The second-order valence-corrected chi connectivity index (χ2v) is 7.51. The maximum atomic E-state index is 11.6. The largest absolute Gasteiger partial charge is 0.366 e. The van der Waals surface area contributed by atoms with Crippen LogP contribution in [0.4, 0.5) is 0 Å². The highest BCUT2D eigenvalue weighted by Crippen LogP contribution is 2.41. The van der Waals surface area contributed by atoms with Gasteiger partial charge in [0.1, 0.15) is 0 Å². The van der Waals surface area contributed by atoms with Gasteiger partial charge in [-0.15, -0.1) is 0 Å². The van der Waals surface area contributed by atoms with Crippen molar-refractivity contribution in [2.24, 2.45) is 17.2 Å². The van der Waals surface area contributed by atoms with E-state index in [1.54, 1.807) is 12.1 Å². The van der Waals surface area contributed by atoms with Crippen LogP contribution in [-0.2, 0) is 0 Å². The lowest BCUT2D eigenvalue weighted by molar-refractivity contribution is 0.0988. The molecule has 0 atom stereocenters. The van der Waals surface area contributed by atoms with E-state index in [9.17, 15) is 19.2 Å². The molecular formula is C26H19N3O4. The Balaban J connectivity index is 0.000000185. The van der Waals surface area contributed by atoms with Gasteiger partial charge in [0, 0.05) is 27.8 Å². The average Bonchev–Trinajstić information content (AvgIpc) is 2.99. The Morgan fingerprint density at radius 2 is 1.09 bits per heavy atom. The van der Waals surface area contributed by atoms with Crippen LogP contribution in [0.1, 0.15) is 41.4 Å². The molecule has 0 saturated carbocycles. The van der Waals surface area contributed by atoms with Crippen LogP contribution in [0.25, 0.3) is 33.0 Å². The van der Waals surface area contributed by atoms with Crippen LogP contribution >= 0.6 is 0 Å². The van der Waals surface area contributed by atoms with Gasteiger partial charge in [-0.2, -0.15) is 0 Å². The van der Waals surface area contributed by atoms with Gasteiger partial charge in [-0.3, -0.25) is 19.2 Å². The summed E-state index contributed by atoms with van der Waals surface area (Å²) in [5.74, 6) is -1.49. The highest BCUT2D eigenvalue weighted by atomic mass is 16.2. The normalized spacial score (nSPS) is 10.7. The Bertz CT molecular complexity index is 1410. The van der Waals surface area contributed by atoms with E-state index >= 15 is 0 Å². The summed E-state index contributed by atoms with van der Waals surface area (Å²) in [7, 11) is 0. The Kier molecular flexibility index (Phi) is 5.46. The number of benzene rings is 4. The standard InChI is InChI=1S/C18H11NO2.C8H8N2O2/c19-18(21)12-5-6-14-13(7-12)8-15-10-1-3-11(4-2-10)17(14)16(15)9-20;9-7(11)5-1-2-6(4-3-5)8(10)12/h1-9H,(H2,19,21);1-4H,(H2,9,11)(H2,10,12). The molecule has 0 fully saturated rings. The van der Waals surface area contributed by atoms with Crippen LogP contribution in [0.2, 0.25) is 0 Å². The number of rotatable bonds is 4. The minimum atomic E-state index is -0.522. The number of fused-ring (bicyclic) bond motifs is 3. The summed E-state index contributed by atoms with van der Waals surface area (Å²) >= 11 is 0. The number of carbonyl (C=O) groups is 4. The van der Waals surface area contributed by atoms with E-state index in [2.05, 4.69) is 0 Å². The number of nitrogens with two attached hydrogens (primary N) is 3. The first-order valence-electron chi connectivity index (χ1n) is 9.96. The Labute approximate surface area is 188 Å². The Morgan fingerprint density at radius 3 is 1.58 bits per heavy atom. The lowest BCUT2D eigenvalue weighted by atomic mass is 9.91. The quantitative estimate of drug-likeness (QED) is 0.370. The van der Waals surface area contributed by atoms with Crippen LogP contribution in [0.3, 0.4) is 0 Å². The molecule has 7 heteroatoms. The zero-order valence-electron chi connectivity index (χ0n) is 17.4. The number of amides is 3. The number of hydrogen-bond donors (Lipinski definition) is 3. The molecule has 162 valence electrons. The third kappa shape index (κ3) is 3.95. The predicted molar refractivity (Wildman–Crippen MR) is 126 cm³/mol. The van der Waals surface area contributed by atoms with Crippen molar-refractivity contribution in [1.29, 1.82) is 0 Å². The minimum absolute atomic E-state index is 0.361. The Morgan fingerprint density at radius 1 is 0.606 bits per heavy atom. The van der Waals surface area contributed by atoms with Crippen molar-refractivity contribution in [2.45, 2.75) is 0 Å². The SMILES string of the molecule is NC(=O)c1ccc(C(N)=O)cc1.NC(=O)c1ccc2c3c(C=O)c(cc2c1)-c1ccc-3cc1. The fourth-order valence-corrected chi connectivity index (χ4v) is 3.86. The van der Waals surface area contributed by atoms with Gasteiger partial charge < -0.3 is 17.2 Å². The number of aldehydes is 1. The number of carbonyl (C=O) groups excluding carboxylic acids is 4. The molecule has 0 unspecified atom stereocenters. The van der Waals surface area contributed by atoms with Gasteiger partial charge in [0.25, 0.3) is 0 Å². The predicted octanol–water partition coefficient (Wildman–Crippen LogP) is 3.28. The molecule has 2 aliphatic carbocycles. The summed E-state index contributed by atoms with van der Waals surface area (Å²) in [5, 5.41) is 1.88. The molecule has 33 heavy (non-hydrogen) atoms. The third-order valence-corrected chi connectivity index (χ3v) is 5.52. The second kappa shape index (κ2) is 8.39. The van der Waals surface area contributed by atoms with E-state index in [-0.39, 0.29) is 0 Å². The summed E-state index contributed by atoms with van der Waals surface area (Å²) in [5.41, 5.74) is 21.1. The van der Waals surface area contributed by atoms with Crippen molar-refractivity contribution in [3.63, 3.8) is 0 Å². The van der Waals surface area contributed by atoms with E-state index in [0.29, 0.717) is 22.3 Å². The van der Waals surface area contributed by atoms with Crippen LogP contribution in [0, 0.1) is 0 Å². The average molecular weight is 437 g/mol. The lowest BCUT2D eigenvalue weighted by Gasteiger charge is -2.11. The van der Waals surface area contributed by atoms with Gasteiger partial charge in [0.2, 0.25) is 17.7 Å². The molecule has 0 spiro atoms. The molecule has 0 radical (unpaired) electrons. The number of primary amides is 3. The Hall–Kier alpha value is -4.78. The van der Waals surface area contributed by atoms with Crippen molar-refractivity contribution in [3.05, 3.63) is 95.1 Å². The topological polar surface area (TPSA) is 146 Å². The first-order chi connectivity index (χ1) is 15.8. The van der Waals surface area contributed by atoms with E-state index in [0.717, 1.165) is 39.3 Å². The maximum Gasteiger partial charge on any atom is 0.248 e. The fraction of sp³-hybridized carbons (Fsp3) is 0. The second-order valence-electron chi connectivity index (χ2n) is 7.51. The van der Waals surface area contributed by atoms with Gasteiger partial charge in [-0.25, -0.2) is 0 Å². The molecule has 4 aromatic carbocycles. The minimum Gasteiger partial charge on any atom is -0.366 e. The van der Waals surface area contributed by atoms with Crippen molar-refractivity contribution in [3.8, 4) is 22.3 Å². The van der Waals surface area contributed by atoms with E-state index in [1.165, 1.54) is 24.3 Å². The van der Waals surface area contributed by atoms with Crippen molar-refractivity contribution in [1.82, 2.24) is 0 Å². The van der Waals surface area contributed by atoms with Crippen LogP contribution in [0.5, 0.6) is 0 Å². The van der Waals surface area contributed by atoms with Crippen LogP contribution in [-0.4, -0.2) is 24.0 Å². The highest BCUT2D eigenvalue weighted by molar-refractivity contribution is 6.12. The molecule has 3 amide bonds. The molecular weight excluding hydrogens is 418 g/mol. The smallest absolute Gasteiger partial charge is 0.248 e. The first-order valence-corrected chi connectivity index (χ1v) is 9.96. The molecule has 0 aromatic heterocycles. The summed E-state index contributed by atoms with van der Waals surface area (Å²) in [6.07, 6.45) is 0.909. The molecule has 4 aromatic rings. The van der Waals surface area contributed by atoms with Gasteiger partial charge >= 0.3 is 0 Å². The van der Waals surface area contributed by atoms with Crippen molar-refractivity contribution in [2.75, 3.05) is 0 Å². The molecule has 6 N–H and O–H groups in total. The highest BCUT2D eigenvalue weighted by Gasteiger charge is 2.19. The maximum absolute atomic E-state index is 11.6. The molecule has 6 rings (SSSR count). The van der Waals surface area contributed by atoms with Gasteiger partial charge in [0.05, 0.1) is 0 Å². The third-order valence-electron chi connectivity index (χ3n) is 5.52. The molecule has 0 saturated heterocycles. The summed E-state index contributed by atoms with van der Waals surface area (Å²) in [6, 6.07) is 21.2. The van der Waals surface area contributed by atoms with Gasteiger partial charge in [0.15, 0.2) is 6.29 Å². The monoisotopic (exact) mass is 437 g/mol. The molecule has 0 heterocycles. The zero-order valence-corrected chi connectivity index (χ0v) is 17.4. The summed E-state index contributed by atoms with van der Waals surface area (Å²) in [6.45, 7) is 0. The molecule has 0 aliphatic heterocycles. The fourth-order valence-electron chi connectivity index (χ4n) is 3.86. The summed E-state index contributed by atoms with van der Waals surface area (Å²) < 4.78 is 0. The summed E-state index contributed by atoms with van der Waals surface area (Å²) in [4.78, 5) is 44.1.